The molecule has 4 nitrogen and oxygen atoms in total. The van der Waals surface area contributed by atoms with Crippen LogP contribution in [0.1, 0.15) is 17.2 Å². The van der Waals surface area contributed by atoms with Gasteiger partial charge < -0.3 is 5.11 Å². The van der Waals surface area contributed by atoms with Gasteiger partial charge >= 0.3 is 0 Å². The number of hydrogen-bond donors (Lipinski definition) is 1. The number of aryl methyl sites for hydroxylation is 1. The van der Waals surface area contributed by atoms with Crippen molar-refractivity contribution in [1.82, 2.24) is 14.6 Å². The molecule has 4 rings (SSSR count). The van der Waals surface area contributed by atoms with Crippen molar-refractivity contribution >= 4 is 28.3 Å². The minimum absolute atomic E-state index is 0.351. The SMILES string of the molecule is Cc1cc2nnc(SCC(O)c3cccc(F)c3)n2c2ccccc12. The number of aliphatic hydroxyl groups excluding tert-OH is 1. The van der Waals surface area contributed by atoms with Gasteiger partial charge in [-0.05, 0) is 42.3 Å². The van der Waals surface area contributed by atoms with E-state index in [0.717, 1.165) is 22.1 Å². The van der Waals surface area contributed by atoms with Gasteiger partial charge in [0, 0.05) is 11.1 Å². The zero-order valence-electron chi connectivity index (χ0n) is 13.6. The Morgan fingerprint density at radius 2 is 1.96 bits per heavy atom. The molecule has 1 atom stereocenters. The fraction of sp³-hybridized carbons (Fsp3) is 0.158. The lowest BCUT2D eigenvalue weighted by Crippen LogP contribution is -2.02. The molecule has 0 radical (unpaired) electrons. The molecule has 0 fully saturated rings. The van der Waals surface area contributed by atoms with E-state index in [-0.39, 0.29) is 5.82 Å². The lowest BCUT2D eigenvalue weighted by atomic mass is 10.1. The molecule has 0 bridgehead atoms. The van der Waals surface area contributed by atoms with Crippen LogP contribution in [0.15, 0.2) is 59.8 Å². The zero-order valence-corrected chi connectivity index (χ0v) is 14.4. The average molecular weight is 353 g/mol. The number of hydrogen-bond acceptors (Lipinski definition) is 4. The van der Waals surface area contributed by atoms with Gasteiger partial charge in [0.25, 0.3) is 0 Å². The van der Waals surface area contributed by atoms with Gasteiger partial charge in [0.05, 0.1) is 11.6 Å². The quantitative estimate of drug-likeness (QED) is 0.560. The van der Waals surface area contributed by atoms with Crippen LogP contribution in [0, 0.1) is 12.7 Å². The lowest BCUT2D eigenvalue weighted by molar-refractivity contribution is 0.203. The van der Waals surface area contributed by atoms with Crippen molar-refractivity contribution in [3.63, 3.8) is 0 Å². The van der Waals surface area contributed by atoms with Gasteiger partial charge in [-0.15, -0.1) is 10.2 Å². The van der Waals surface area contributed by atoms with Crippen LogP contribution in [0.3, 0.4) is 0 Å². The predicted molar refractivity (Wildman–Crippen MR) is 97.3 cm³/mol. The number of nitrogens with zero attached hydrogens (tertiary/aromatic N) is 3. The Morgan fingerprint density at radius 1 is 1.12 bits per heavy atom. The Balaban J connectivity index is 1.67. The van der Waals surface area contributed by atoms with Crippen LogP contribution in [0.2, 0.25) is 0 Å². The second-order valence-corrected chi connectivity index (χ2v) is 6.89. The fourth-order valence-corrected chi connectivity index (χ4v) is 3.85. The van der Waals surface area contributed by atoms with Crippen LogP contribution in [0.4, 0.5) is 4.39 Å². The van der Waals surface area contributed by atoms with Crippen molar-refractivity contribution in [2.45, 2.75) is 18.2 Å². The lowest BCUT2D eigenvalue weighted by Gasteiger charge is -2.11. The number of pyridine rings is 1. The van der Waals surface area contributed by atoms with Crippen molar-refractivity contribution in [2.24, 2.45) is 0 Å². The van der Waals surface area contributed by atoms with Crippen LogP contribution >= 0.6 is 11.8 Å². The number of thioether (sulfide) groups is 1. The van der Waals surface area contributed by atoms with Gasteiger partial charge in [0.1, 0.15) is 5.82 Å². The number of halogens is 1. The molecule has 6 heteroatoms. The van der Waals surface area contributed by atoms with Crippen LogP contribution in [0.5, 0.6) is 0 Å². The number of aliphatic hydroxyl groups is 1. The Kier molecular flexibility index (Phi) is 4.15. The molecule has 4 aromatic rings. The summed E-state index contributed by atoms with van der Waals surface area (Å²) in [6, 6.07) is 16.1. The van der Waals surface area contributed by atoms with Gasteiger partial charge in [-0.1, -0.05) is 42.1 Å². The highest BCUT2D eigenvalue weighted by atomic mass is 32.2. The van der Waals surface area contributed by atoms with E-state index in [1.807, 2.05) is 28.7 Å². The predicted octanol–water partition coefficient (Wildman–Crippen LogP) is 4.16. The number of fused-ring (bicyclic) bond motifs is 3. The second kappa shape index (κ2) is 6.46. The van der Waals surface area contributed by atoms with E-state index >= 15 is 0 Å². The van der Waals surface area contributed by atoms with E-state index in [1.165, 1.54) is 23.9 Å². The molecule has 25 heavy (non-hydrogen) atoms. The molecule has 0 spiro atoms. The maximum atomic E-state index is 13.3. The van der Waals surface area contributed by atoms with Crippen molar-refractivity contribution < 1.29 is 9.50 Å². The van der Waals surface area contributed by atoms with Crippen LogP contribution in [0.25, 0.3) is 16.6 Å². The third-order valence-electron chi connectivity index (χ3n) is 4.18. The van der Waals surface area contributed by atoms with E-state index in [0.29, 0.717) is 16.5 Å². The first-order chi connectivity index (χ1) is 12.1. The van der Waals surface area contributed by atoms with Gasteiger partial charge in [0.15, 0.2) is 10.8 Å². The highest BCUT2D eigenvalue weighted by Gasteiger charge is 2.14. The monoisotopic (exact) mass is 353 g/mol. The Hall–Kier alpha value is -2.44. The fourth-order valence-electron chi connectivity index (χ4n) is 2.93. The van der Waals surface area contributed by atoms with Crippen molar-refractivity contribution in [3.8, 4) is 0 Å². The summed E-state index contributed by atoms with van der Waals surface area (Å²) in [5, 5.41) is 20.7. The molecule has 0 saturated carbocycles. The topological polar surface area (TPSA) is 50.4 Å². The first-order valence-corrected chi connectivity index (χ1v) is 8.92. The molecule has 0 amide bonds. The van der Waals surface area contributed by atoms with Crippen LogP contribution < -0.4 is 0 Å². The maximum absolute atomic E-state index is 13.3. The molecule has 0 aliphatic carbocycles. The summed E-state index contributed by atoms with van der Waals surface area (Å²) in [4.78, 5) is 0. The molecule has 0 aliphatic heterocycles. The molecular weight excluding hydrogens is 337 g/mol. The number of rotatable bonds is 4. The Labute approximate surface area is 148 Å². The van der Waals surface area contributed by atoms with E-state index in [2.05, 4.69) is 23.2 Å². The minimum Gasteiger partial charge on any atom is -0.388 e. The summed E-state index contributed by atoms with van der Waals surface area (Å²) < 4.78 is 15.3. The normalized spacial score (nSPS) is 12.8. The van der Waals surface area contributed by atoms with Gasteiger partial charge in [-0.3, -0.25) is 4.40 Å². The van der Waals surface area contributed by atoms with Gasteiger partial charge in [-0.25, -0.2) is 4.39 Å². The standard InChI is InChI=1S/C19H16FN3OS/c1-12-9-18-21-22-19(23(18)16-8-3-2-7-15(12)16)25-11-17(24)13-5-4-6-14(20)10-13/h2-10,17,24H,11H2,1H3. The van der Waals surface area contributed by atoms with E-state index in [9.17, 15) is 9.50 Å². The third-order valence-corrected chi connectivity index (χ3v) is 5.18. The molecule has 2 aromatic carbocycles. The Morgan fingerprint density at radius 3 is 2.80 bits per heavy atom. The largest absolute Gasteiger partial charge is 0.388 e. The Bertz CT molecular complexity index is 1060. The van der Waals surface area contributed by atoms with E-state index < -0.39 is 6.10 Å². The highest BCUT2D eigenvalue weighted by Crippen LogP contribution is 2.28. The summed E-state index contributed by atoms with van der Waals surface area (Å²) in [6.07, 6.45) is -0.773. The first-order valence-electron chi connectivity index (χ1n) is 7.93. The van der Waals surface area contributed by atoms with Crippen molar-refractivity contribution in [1.29, 1.82) is 0 Å². The van der Waals surface area contributed by atoms with Crippen LogP contribution in [-0.2, 0) is 0 Å². The molecule has 1 unspecified atom stereocenters. The van der Waals surface area contributed by atoms with Crippen molar-refractivity contribution in [3.05, 3.63) is 71.5 Å². The van der Waals surface area contributed by atoms with Crippen LogP contribution in [-0.4, -0.2) is 25.5 Å². The molecule has 1 N–H and O–H groups in total. The maximum Gasteiger partial charge on any atom is 0.196 e. The van der Waals surface area contributed by atoms with Gasteiger partial charge in [-0.2, -0.15) is 0 Å². The molecule has 126 valence electrons. The minimum atomic E-state index is -0.773. The molecule has 2 aromatic heterocycles. The number of para-hydroxylation sites is 1. The smallest absolute Gasteiger partial charge is 0.196 e. The summed E-state index contributed by atoms with van der Waals surface area (Å²) in [5.41, 5.74) is 3.51. The first kappa shape index (κ1) is 16.1. The van der Waals surface area contributed by atoms with Gasteiger partial charge in [0.2, 0.25) is 0 Å². The van der Waals surface area contributed by atoms with Crippen molar-refractivity contribution in [2.75, 3.05) is 5.75 Å². The van der Waals surface area contributed by atoms with E-state index in [4.69, 9.17) is 0 Å². The summed E-state index contributed by atoms with van der Waals surface area (Å²) in [6.45, 7) is 2.05. The highest BCUT2D eigenvalue weighted by molar-refractivity contribution is 7.99. The second-order valence-electron chi connectivity index (χ2n) is 5.90. The van der Waals surface area contributed by atoms with E-state index in [1.54, 1.807) is 12.1 Å². The molecule has 2 heterocycles. The zero-order chi connectivity index (χ0) is 17.4. The number of aromatic nitrogens is 3. The molecule has 0 saturated heterocycles. The average Bonchev–Trinajstić information content (AvgIpc) is 3.03. The summed E-state index contributed by atoms with van der Waals surface area (Å²) in [5.74, 6) is 0.0165. The summed E-state index contributed by atoms with van der Waals surface area (Å²) >= 11 is 1.40. The molecule has 0 aliphatic rings. The molecular formula is C19H16FN3OS. The number of benzene rings is 2. The third kappa shape index (κ3) is 2.99. The summed E-state index contributed by atoms with van der Waals surface area (Å²) in [7, 11) is 0.